The molecule has 0 amide bonds. The smallest absolute Gasteiger partial charge is 0.164 e. The van der Waals surface area contributed by atoms with Crippen LogP contribution in [0.3, 0.4) is 0 Å². The van der Waals surface area contributed by atoms with E-state index in [4.69, 9.17) is 0 Å². The Morgan fingerprint density at radius 2 is 2.36 bits per heavy atom. The molecule has 0 atom stereocenters. The van der Waals surface area contributed by atoms with Crippen molar-refractivity contribution in [1.82, 2.24) is 20.1 Å². The second kappa shape index (κ2) is 5.54. The highest BCUT2D eigenvalue weighted by molar-refractivity contribution is 4.93. The molecule has 4 heteroatoms. The number of nitrogens with zero attached hydrogens (tertiary/aromatic N) is 3. The number of nitrogens with one attached hydrogen (secondary N) is 1. The summed E-state index contributed by atoms with van der Waals surface area (Å²) in [5, 5.41) is 7.50. The van der Waals surface area contributed by atoms with Gasteiger partial charge >= 0.3 is 0 Å². The molecule has 1 rings (SSSR count). The zero-order valence-corrected chi connectivity index (χ0v) is 8.95. The summed E-state index contributed by atoms with van der Waals surface area (Å²) in [7, 11) is 0. The maximum Gasteiger partial charge on any atom is 0.164 e. The van der Waals surface area contributed by atoms with Crippen LogP contribution in [0.1, 0.15) is 26.1 Å². The van der Waals surface area contributed by atoms with Crippen molar-refractivity contribution in [3.63, 3.8) is 0 Å². The molecule has 4 nitrogen and oxygen atoms in total. The molecule has 14 heavy (non-hydrogen) atoms. The standard InChI is InChI=1S/C10H18N4/c1-4-9(3)7-14-8-12-10(13-14)6-11-5-2/h8,11H,3-7H2,1-2H3. The van der Waals surface area contributed by atoms with Gasteiger partial charge in [-0.2, -0.15) is 5.10 Å². The van der Waals surface area contributed by atoms with Crippen LogP contribution in [-0.2, 0) is 13.1 Å². The van der Waals surface area contributed by atoms with E-state index in [2.05, 4.69) is 35.8 Å². The Bertz CT molecular complexity index is 290. The molecule has 0 aliphatic heterocycles. The van der Waals surface area contributed by atoms with Crippen LogP contribution in [0.25, 0.3) is 0 Å². The summed E-state index contributed by atoms with van der Waals surface area (Å²) in [6.45, 7) is 10.5. The first kappa shape index (κ1) is 10.9. The SMILES string of the molecule is C=C(CC)Cn1cnc(CNCC)n1. The molecule has 0 saturated carbocycles. The number of hydrogen-bond acceptors (Lipinski definition) is 3. The second-order valence-corrected chi connectivity index (χ2v) is 3.24. The van der Waals surface area contributed by atoms with E-state index in [1.807, 2.05) is 4.68 Å². The highest BCUT2D eigenvalue weighted by atomic mass is 15.3. The zero-order valence-electron chi connectivity index (χ0n) is 8.95. The fraction of sp³-hybridized carbons (Fsp3) is 0.600. The lowest BCUT2D eigenvalue weighted by Crippen LogP contribution is -2.13. The lowest BCUT2D eigenvalue weighted by atomic mass is 10.2. The molecule has 1 aromatic heterocycles. The third-order valence-corrected chi connectivity index (χ3v) is 2.00. The minimum absolute atomic E-state index is 0.738. The van der Waals surface area contributed by atoms with Crippen LogP contribution < -0.4 is 5.32 Å². The summed E-state index contributed by atoms with van der Waals surface area (Å²) in [4.78, 5) is 4.19. The Hall–Kier alpha value is -1.16. The lowest BCUT2D eigenvalue weighted by molar-refractivity contribution is 0.631. The third-order valence-electron chi connectivity index (χ3n) is 2.00. The van der Waals surface area contributed by atoms with E-state index in [9.17, 15) is 0 Å². The van der Waals surface area contributed by atoms with Gasteiger partial charge in [-0.3, -0.25) is 0 Å². The molecule has 0 spiro atoms. The number of hydrogen-bond donors (Lipinski definition) is 1. The predicted octanol–water partition coefficient (Wildman–Crippen LogP) is 1.35. The van der Waals surface area contributed by atoms with E-state index >= 15 is 0 Å². The summed E-state index contributed by atoms with van der Waals surface area (Å²) in [5.74, 6) is 0.843. The van der Waals surface area contributed by atoms with Crippen LogP contribution in [0.15, 0.2) is 18.5 Å². The molecule has 0 fully saturated rings. The first-order valence-corrected chi connectivity index (χ1v) is 5.02. The van der Waals surface area contributed by atoms with Crippen molar-refractivity contribution < 1.29 is 0 Å². The minimum atomic E-state index is 0.738. The van der Waals surface area contributed by atoms with Crippen LogP contribution in [0, 0.1) is 0 Å². The number of aromatic nitrogens is 3. The van der Waals surface area contributed by atoms with Crippen LogP contribution in [-0.4, -0.2) is 21.3 Å². The molecular formula is C10H18N4. The first-order valence-electron chi connectivity index (χ1n) is 5.02. The summed E-state index contributed by atoms with van der Waals surface area (Å²) >= 11 is 0. The van der Waals surface area contributed by atoms with Gasteiger partial charge in [0, 0.05) is 0 Å². The Kier molecular flexibility index (Phi) is 4.32. The van der Waals surface area contributed by atoms with E-state index < -0.39 is 0 Å². The van der Waals surface area contributed by atoms with Gasteiger partial charge in [0.25, 0.3) is 0 Å². The average Bonchev–Trinajstić information content (AvgIpc) is 2.62. The Morgan fingerprint density at radius 1 is 1.57 bits per heavy atom. The molecule has 0 unspecified atom stereocenters. The third kappa shape index (κ3) is 3.30. The minimum Gasteiger partial charge on any atom is -0.310 e. The summed E-state index contributed by atoms with van der Waals surface area (Å²) in [6.07, 6.45) is 2.75. The van der Waals surface area contributed by atoms with Crippen LogP contribution in [0.5, 0.6) is 0 Å². The monoisotopic (exact) mass is 194 g/mol. The second-order valence-electron chi connectivity index (χ2n) is 3.24. The maximum absolute atomic E-state index is 4.32. The van der Waals surface area contributed by atoms with E-state index in [1.54, 1.807) is 6.33 Å². The van der Waals surface area contributed by atoms with E-state index in [1.165, 1.54) is 5.57 Å². The molecule has 1 aromatic rings. The van der Waals surface area contributed by atoms with Gasteiger partial charge in [-0.15, -0.1) is 0 Å². The van der Waals surface area contributed by atoms with E-state index in [0.717, 1.165) is 31.9 Å². The zero-order chi connectivity index (χ0) is 10.4. The molecule has 0 aromatic carbocycles. The quantitative estimate of drug-likeness (QED) is 0.695. The fourth-order valence-corrected chi connectivity index (χ4v) is 1.07. The maximum atomic E-state index is 4.32. The van der Waals surface area contributed by atoms with E-state index in [-0.39, 0.29) is 0 Å². The topological polar surface area (TPSA) is 42.7 Å². The Labute approximate surface area is 85.0 Å². The van der Waals surface area contributed by atoms with Gasteiger partial charge in [-0.25, -0.2) is 9.67 Å². The van der Waals surface area contributed by atoms with Crippen molar-refractivity contribution in [1.29, 1.82) is 0 Å². The van der Waals surface area contributed by atoms with Crippen LogP contribution >= 0.6 is 0 Å². The molecule has 0 bridgehead atoms. The number of allylic oxidation sites excluding steroid dienone is 1. The summed E-state index contributed by atoms with van der Waals surface area (Å²) in [5.41, 5.74) is 1.17. The van der Waals surface area contributed by atoms with Crippen molar-refractivity contribution in [3.05, 3.63) is 24.3 Å². The molecule has 0 radical (unpaired) electrons. The van der Waals surface area contributed by atoms with E-state index in [0.29, 0.717) is 0 Å². The largest absolute Gasteiger partial charge is 0.310 e. The lowest BCUT2D eigenvalue weighted by Gasteiger charge is -2.00. The normalized spacial score (nSPS) is 10.4. The number of rotatable bonds is 6. The highest BCUT2D eigenvalue weighted by Gasteiger charge is 2.00. The van der Waals surface area contributed by atoms with Crippen LogP contribution in [0.2, 0.25) is 0 Å². The molecule has 0 aliphatic carbocycles. The van der Waals surface area contributed by atoms with Gasteiger partial charge in [0.1, 0.15) is 6.33 Å². The molecule has 0 aliphatic rings. The molecular weight excluding hydrogens is 176 g/mol. The van der Waals surface area contributed by atoms with Crippen molar-refractivity contribution in [2.75, 3.05) is 6.54 Å². The van der Waals surface area contributed by atoms with Crippen molar-refractivity contribution in [3.8, 4) is 0 Å². The van der Waals surface area contributed by atoms with Gasteiger partial charge in [-0.1, -0.05) is 26.0 Å². The fourth-order valence-electron chi connectivity index (χ4n) is 1.07. The highest BCUT2D eigenvalue weighted by Crippen LogP contribution is 2.00. The molecule has 0 saturated heterocycles. The van der Waals surface area contributed by atoms with Crippen LogP contribution in [0.4, 0.5) is 0 Å². The average molecular weight is 194 g/mol. The van der Waals surface area contributed by atoms with Crippen molar-refractivity contribution in [2.24, 2.45) is 0 Å². The van der Waals surface area contributed by atoms with Gasteiger partial charge in [0.15, 0.2) is 5.82 Å². The molecule has 1 heterocycles. The van der Waals surface area contributed by atoms with Crippen molar-refractivity contribution in [2.45, 2.75) is 33.4 Å². The first-order chi connectivity index (χ1) is 6.76. The Balaban J connectivity index is 2.46. The van der Waals surface area contributed by atoms with Gasteiger partial charge in [0.2, 0.25) is 0 Å². The van der Waals surface area contributed by atoms with Gasteiger partial charge in [-0.05, 0) is 13.0 Å². The predicted molar refractivity (Wildman–Crippen MR) is 56.8 cm³/mol. The van der Waals surface area contributed by atoms with Gasteiger partial charge < -0.3 is 5.32 Å². The molecule has 78 valence electrons. The van der Waals surface area contributed by atoms with Gasteiger partial charge in [0.05, 0.1) is 13.1 Å². The summed E-state index contributed by atoms with van der Waals surface area (Å²) in [6, 6.07) is 0. The Morgan fingerprint density at radius 3 is 3.00 bits per heavy atom. The summed E-state index contributed by atoms with van der Waals surface area (Å²) < 4.78 is 1.83. The van der Waals surface area contributed by atoms with Crippen molar-refractivity contribution >= 4 is 0 Å². The molecule has 1 N–H and O–H groups in total.